The number of nitrogens with one attached hydrogen (secondary N) is 2. The number of carbonyl (C=O) groups is 2. The van der Waals surface area contributed by atoms with Crippen LogP contribution in [-0.4, -0.2) is 28.5 Å². The van der Waals surface area contributed by atoms with E-state index in [1.54, 1.807) is 66.8 Å². The summed E-state index contributed by atoms with van der Waals surface area (Å²) in [5.41, 5.74) is 2.75. The van der Waals surface area contributed by atoms with Gasteiger partial charge in [-0.1, -0.05) is 6.07 Å². The molecule has 0 radical (unpaired) electrons. The summed E-state index contributed by atoms with van der Waals surface area (Å²) in [5, 5.41) is 6.34. The molecule has 0 aliphatic rings. The van der Waals surface area contributed by atoms with Crippen molar-refractivity contribution in [3.8, 4) is 5.75 Å². The van der Waals surface area contributed by atoms with E-state index in [9.17, 15) is 9.59 Å². The standard InChI is InChI=1S/C22H20N4O4/c1-14-3-4-17(11-19(14)29-2)25-22(28)20-10-15-9-16(5-6-18(15)30-20)24-21(27)12-26-8-7-23-13-26/h3-11,13H,12H2,1-2H3,(H,24,27)(H,25,28). The van der Waals surface area contributed by atoms with Crippen LogP contribution < -0.4 is 15.4 Å². The minimum Gasteiger partial charge on any atom is -0.496 e. The summed E-state index contributed by atoms with van der Waals surface area (Å²) in [6.07, 6.45) is 4.91. The summed E-state index contributed by atoms with van der Waals surface area (Å²) in [6.45, 7) is 2.09. The zero-order valence-electron chi connectivity index (χ0n) is 16.5. The molecular formula is C22H20N4O4. The summed E-state index contributed by atoms with van der Waals surface area (Å²) in [6, 6.07) is 12.3. The van der Waals surface area contributed by atoms with Crippen LogP contribution in [0.15, 0.2) is 65.6 Å². The van der Waals surface area contributed by atoms with E-state index >= 15 is 0 Å². The highest BCUT2D eigenvalue weighted by atomic mass is 16.5. The molecular weight excluding hydrogens is 384 g/mol. The lowest BCUT2D eigenvalue weighted by Crippen LogP contribution is -2.17. The van der Waals surface area contributed by atoms with Gasteiger partial charge in [-0.15, -0.1) is 0 Å². The Morgan fingerprint density at radius 3 is 2.67 bits per heavy atom. The Morgan fingerprint density at radius 1 is 1.10 bits per heavy atom. The van der Waals surface area contributed by atoms with E-state index in [0.29, 0.717) is 28.1 Å². The molecule has 0 unspecified atom stereocenters. The quantitative estimate of drug-likeness (QED) is 0.509. The van der Waals surface area contributed by atoms with Crippen LogP contribution in [0.4, 0.5) is 11.4 Å². The second-order valence-electron chi connectivity index (χ2n) is 6.78. The molecule has 2 aromatic carbocycles. The molecule has 0 aliphatic heterocycles. The predicted octanol–water partition coefficient (Wildman–Crippen LogP) is 3.84. The van der Waals surface area contributed by atoms with E-state index in [1.165, 1.54) is 0 Å². The highest BCUT2D eigenvalue weighted by Gasteiger charge is 2.14. The third-order valence-corrected chi connectivity index (χ3v) is 4.58. The fourth-order valence-corrected chi connectivity index (χ4v) is 3.07. The van der Waals surface area contributed by atoms with Crippen molar-refractivity contribution in [2.75, 3.05) is 17.7 Å². The number of methoxy groups -OCH3 is 1. The molecule has 4 rings (SSSR count). The summed E-state index contributed by atoms with van der Waals surface area (Å²) < 4.78 is 12.6. The SMILES string of the molecule is COc1cc(NC(=O)c2cc3cc(NC(=O)Cn4ccnc4)ccc3o2)ccc1C. The van der Waals surface area contributed by atoms with Crippen molar-refractivity contribution in [3.63, 3.8) is 0 Å². The van der Waals surface area contributed by atoms with E-state index in [-0.39, 0.29) is 24.1 Å². The Balaban J connectivity index is 1.47. The van der Waals surface area contributed by atoms with Crippen LogP contribution in [0, 0.1) is 6.92 Å². The highest BCUT2D eigenvalue weighted by molar-refractivity contribution is 6.05. The van der Waals surface area contributed by atoms with Crippen molar-refractivity contribution in [1.82, 2.24) is 9.55 Å². The molecule has 2 amide bonds. The van der Waals surface area contributed by atoms with E-state index in [1.807, 2.05) is 13.0 Å². The molecule has 2 aromatic heterocycles. The lowest BCUT2D eigenvalue weighted by atomic mass is 10.2. The van der Waals surface area contributed by atoms with Crippen LogP contribution in [-0.2, 0) is 11.3 Å². The zero-order chi connectivity index (χ0) is 21.1. The molecule has 0 fully saturated rings. The molecule has 0 aliphatic carbocycles. The number of anilines is 2. The van der Waals surface area contributed by atoms with Gasteiger partial charge in [0, 0.05) is 35.2 Å². The van der Waals surface area contributed by atoms with Crippen LogP contribution >= 0.6 is 0 Å². The van der Waals surface area contributed by atoms with Crippen molar-refractivity contribution in [1.29, 1.82) is 0 Å². The Morgan fingerprint density at radius 2 is 1.90 bits per heavy atom. The van der Waals surface area contributed by atoms with Gasteiger partial charge in [0.15, 0.2) is 5.76 Å². The van der Waals surface area contributed by atoms with Gasteiger partial charge in [0.05, 0.1) is 13.4 Å². The highest BCUT2D eigenvalue weighted by Crippen LogP contribution is 2.25. The number of ether oxygens (including phenoxy) is 1. The van der Waals surface area contributed by atoms with Gasteiger partial charge in [-0.25, -0.2) is 4.98 Å². The third kappa shape index (κ3) is 4.17. The number of benzene rings is 2. The first kappa shape index (κ1) is 19.3. The first-order chi connectivity index (χ1) is 14.5. The number of aromatic nitrogens is 2. The van der Waals surface area contributed by atoms with Gasteiger partial charge in [-0.05, 0) is 42.8 Å². The minimum atomic E-state index is -0.372. The molecule has 0 bridgehead atoms. The number of amides is 2. The largest absolute Gasteiger partial charge is 0.496 e. The lowest BCUT2D eigenvalue weighted by molar-refractivity contribution is -0.116. The lowest BCUT2D eigenvalue weighted by Gasteiger charge is -2.08. The topological polar surface area (TPSA) is 98.4 Å². The van der Waals surface area contributed by atoms with Gasteiger partial charge in [0.2, 0.25) is 5.91 Å². The van der Waals surface area contributed by atoms with Crippen LogP contribution in [0.1, 0.15) is 16.1 Å². The fourth-order valence-electron chi connectivity index (χ4n) is 3.07. The number of aryl methyl sites for hydroxylation is 1. The Hall–Kier alpha value is -4.07. The van der Waals surface area contributed by atoms with Crippen LogP contribution in [0.25, 0.3) is 11.0 Å². The van der Waals surface area contributed by atoms with Crippen molar-refractivity contribution in [2.45, 2.75) is 13.5 Å². The monoisotopic (exact) mass is 404 g/mol. The second kappa shape index (κ2) is 8.12. The number of nitrogens with zero attached hydrogens (tertiary/aromatic N) is 2. The van der Waals surface area contributed by atoms with Gasteiger partial charge in [-0.3, -0.25) is 9.59 Å². The minimum absolute atomic E-state index is 0.164. The summed E-state index contributed by atoms with van der Waals surface area (Å²) in [7, 11) is 1.58. The first-order valence-corrected chi connectivity index (χ1v) is 9.27. The van der Waals surface area contributed by atoms with Crippen LogP contribution in [0.2, 0.25) is 0 Å². The third-order valence-electron chi connectivity index (χ3n) is 4.58. The molecule has 2 N–H and O–H groups in total. The van der Waals surface area contributed by atoms with E-state index in [4.69, 9.17) is 9.15 Å². The molecule has 0 spiro atoms. The van der Waals surface area contributed by atoms with Gasteiger partial charge in [-0.2, -0.15) is 0 Å². The Labute approximate surface area is 172 Å². The number of imidazole rings is 1. The van der Waals surface area contributed by atoms with Gasteiger partial charge in [0.1, 0.15) is 17.9 Å². The maximum atomic E-state index is 12.6. The molecule has 0 saturated heterocycles. The summed E-state index contributed by atoms with van der Waals surface area (Å²) >= 11 is 0. The van der Waals surface area contributed by atoms with Crippen LogP contribution in [0.3, 0.4) is 0 Å². The molecule has 0 saturated carbocycles. The number of fused-ring (bicyclic) bond motifs is 1. The molecule has 4 aromatic rings. The number of carbonyl (C=O) groups excluding carboxylic acids is 2. The predicted molar refractivity (Wildman–Crippen MR) is 113 cm³/mol. The molecule has 152 valence electrons. The van der Waals surface area contributed by atoms with Crippen molar-refractivity contribution >= 4 is 34.2 Å². The van der Waals surface area contributed by atoms with Gasteiger partial charge < -0.3 is 24.4 Å². The summed E-state index contributed by atoms with van der Waals surface area (Å²) in [5.74, 6) is 0.310. The van der Waals surface area contributed by atoms with Gasteiger partial charge in [0.25, 0.3) is 5.91 Å². The maximum Gasteiger partial charge on any atom is 0.291 e. The number of hydrogen-bond acceptors (Lipinski definition) is 5. The molecule has 0 atom stereocenters. The Bertz CT molecular complexity index is 1210. The normalized spacial score (nSPS) is 10.7. The fraction of sp³-hybridized carbons (Fsp3) is 0.136. The second-order valence-corrected chi connectivity index (χ2v) is 6.78. The van der Waals surface area contributed by atoms with E-state index in [2.05, 4.69) is 15.6 Å². The van der Waals surface area contributed by atoms with Crippen molar-refractivity contribution < 1.29 is 18.7 Å². The average molecular weight is 404 g/mol. The van der Waals surface area contributed by atoms with Crippen molar-refractivity contribution in [3.05, 3.63) is 72.5 Å². The van der Waals surface area contributed by atoms with E-state index in [0.717, 1.165) is 5.56 Å². The molecule has 8 heteroatoms. The van der Waals surface area contributed by atoms with E-state index < -0.39 is 0 Å². The first-order valence-electron chi connectivity index (χ1n) is 9.27. The molecule has 8 nitrogen and oxygen atoms in total. The number of furan rings is 1. The van der Waals surface area contributed by atoms with Crippen LogP contribution in [0.5, 0.6) is 5.75 Å². The van der Waals surface area contributed by atoms with Gasteiger partial charge >= 0.3 is 0 Å². The Kier molecular flexibility index (Phi) is 5.21. The molecule has 2 heterocycles. The zero-order valence-corrected chi connectivity index (χ0v) is 16.5. The average Bonchev–Trinajstić information content (AvgIpc) is 3.38. The number of rotatable bonds is 6. The number of hydrogen-bond donors (Lipinski definition) is 2. The summed E-state index contributed by atoms with van der Waals surface area (Å²) in [4.78, 5) is 28.6. The molecule has 30 heavy (non-hydrogen) atoms. The smallest absolute Gasteiger partial charge is 0.291 e. The maximum absolute atomic E-state index is 12.6. The van der Waals surface area contributed by atoms with Crippen molar-refractivity contribution in [2.24, 2.45) is 0 Å².